The molecule has 0 radical (unpaired) electrons. The van der Waals surface area contributed by atoms with Gasteiger partial charge in [0.1, 0.15) is 0 Å². The first-order valence-corrected chi connectivity index (χ1v) is 12.9. The lowest BCUT2D eigenvalue weighted by atomic mass is 9.46. The number of ketones is 1. The normalized spacial score (nSPS) is 41.9. The Morgan fingerprint density at radius 3 is 2.34 bits per heavy atom. The van der Waals surface area contributed by atoms with Gasteiger partial charge in [-0.1, -0.05) is 18.6 Å². The second-order valence-corrected chi connectivity index (χ2v) is 12.7. The van der Waals surface area contributed by atoms with Crippen molar-refractivity contribution in [1.29, 1.82) is 0 Å². The standard InChI is InChI=1S/C23H29FO6S2/c1-20-7-5-14(25)9-13(20)3-4-16-15-6-8-22(31-11-18(27)28,32-12-19(29)30)21(15,2)10-17(26)23(16,20)24/h5,7,9,15-17,26H,3-4,6,8,10-12H2,1-2H3,(H,27,28)(H,29,30)/t15?,16?,17?,20-,21-,23?/m0/s1. The predicted octanol–water partition coefficient (Wildman–Crippen LogP) is 3.69. The molecule has 0 heterocycles. The number of halogens is 1. The molecule has 9 heteroatoms. The lowest BCUT2D eigenvalue weighted by Crippen LogP contribution is -2.67. The molecule has 3 saturated carbocycles. The fraction of sp³-hybridized carbons (Fsp3) is 0.696. The van der Waals surface area contributed by atoms with Crippen LogP contribution in [0.5, 0.6) is 0 Å². The van der Waals surface area contributed by atoms with Crippen LogP contribution in [-0.2, 0) is 14.4 Å². The highest BCUT2D eigenvalue weighted by atomic mass is 32.2. The number of aliphatic carboxylic acids is 2. The number of carbonyl (C=O) groups excluding carboxylic acids is 1. The number of allylic oxidation sites excluding steroid dienone is 4. The predicted molar refractivity (Wildman–Crippen MR) is 121 cm³/mol. The van der Waals surface area contributed by atoms with E-state index in [9.17, 15) is 29.7 Å². The smallest absolute Gasteiger partial charge is 0.313 e. The van der Waals surface area contributed by atoms with Gasteiger partial charge in [0.2, 0.25) is 0 Å². The number of hydrogen-bond donors (Lipinski definition) is 3. The summed E-state index contributed by atoms with van der Waals surface area (Å²) in [5.41, 5.74) is -2.92. The van der Waals surface area contributed by atoms with Gasteiger partial charge in [-0.2, -0.15) is 0 Å². The number of rotatable bonds is 6. The van der Waals surface area contributed by atoms with Gasteiger partial charge in [-0.3, -0.25) is 14.4 Å². The maximum atomic E-state index is 17.1. The maximum Gasteiger partial charge on any atom is 0.313 e. The molecule has 3 fully saturated rings. The topological polar surface area (TPSA) is 112 Å². The summed E-state index contributed by atoms with van der Waals surface area (Å²) in [6, 6.07) is 0. The van der Waals surface area contributed by atoms with E-state index in [4.69, 9.17) is 0 Å². The Morgan fingerprint density at radius 2 is 1.75 bits per heavy atom. The molecule has 4 unspecified atom stereocenters. The molecule has 0 aromatic carbocycles. The summed E-state index contributed by atoms with van der Waals surface area (Å²) in [4.78, 5) is 34.7. The molecular formula is C23H29FO6S2. The molecule has 0 aromatic rings. The third-order valence-electron chi connectivity index (χ3n) is 8.54. The molecule has 4 aliphatic rings. The van der Waals surface area contributed by atoms with E-state index in [1.165, 1.54) is 35.7 Å². The summed E-state index contributed by atoms with van der Waals surface area (Å²) in [7, 11) is 0. The lowest BCUT2D eigenvalue weighted by Gasteiger charge is -2.63. The van der Waals surface area contributed by atoms with Gasteiger partial charge in [-0.05, 0) is 62.5 Å². The van der Waals surface area contributed by atoms with Gasteiger partial charge < -0.3 is 15.3 Å². The summed E-state index contributed by atoms with van der Waals surface area (Å²) in [6.45, 7) is 3.74. The molecule has 6 nitrogen and oxygen atoms in total. The highest BCUT2D eigenvalue weighted by molar-refractivity contribution is 8.18. The maximum absolute atomic E-state index is 17.1. The molecule has 4 rings (SSSR count). The van der Waals surface area contributed by atoms with Crippen molar-refractivity contribution in [1.82, 2.24) is 0 Å². The van der Waals surface area contributed by atoms with Crippen LogP contribution in [0.1, 0.15) is 46.0 Å². The molecule has 32 heavy (non-hydrogen) atoms. The Morgan fingerprint density at radius 1 is 1.12 bits per heavy atom. The summed E-state index contributed by atoms with van der Waals surface area (Å²) >= 11 is 2.45. The van der Waals surface area contributed by atoms with E-state index < -0.39 is 44.5 Å². The Labute approximate surface area is 195 Å². The fourth-order valence-electron chi connectivity index (χ4n) is 7.03. The first-order valence-electron chi connectivity index (χ1n) is 10.9. The van der Waals surface area contributed by atoms with E-state index in [0.717, 1.165) is 5.57 Å². The molecule has 3 N–H and O–H groups in total. The minimum atomic E-state index is -1.94. The van der Waals surface area contributed by atoms with Gasteiger partial charge >= 0.3 is 11.9 Å². The zero-order chi connectivity index (χ0) is 23.5. The van der Waals surface area contributed by atoms with Crippen molar-refractivity contribution in [2.75, 3.05) is 11.5 Å². The van der Waals surface area contributed by atoms with Gasteiger partial charge in [0.05, 0.1) is 21.7 Å². The van der Waals surface area contributed by atoms with Crippen LogP contribution in [-0.4, -0.2) is 60.4 Å². The Bertz CT molecular complexity index is 900. The number of carboxylic acid groups (broad SMARTS) is 2. The van der Waals surface area contributed by atoms with Crippen molar-refractivity contribution in [3.8, 4) is 0 Å². The Balaban J connectivity index is 1.75. The van der Waals surface area contributed by atoms with E-state index in [-0.39, 0.29) is 29.6 Å². The van der Waals surface area contributed by atoms with Crippen LogP contribution in [0.3, 0.4) is 0 Å². The number of fused-ring (bicyclic) bond motifs is 5. The fourth-order valence-corrected chi connectivity index (χ4v) is 10.1. The van der Waals surface area contributed by atoms with Gasteiger partial charge in [-0.15, -0.1) is 23.5 Å². The molecule has 0 bridgehead atoms. The molecule has 0 aromatic heterocycles. The molecule has 0 amide bonds. The number of aliphatic hydroxyl groups excluding tert-OH is 1. The van der Waals surface area contributed by atoms with Crippen LogP contribution < -0.4 is 0 Å². The largest absolute Gasteiger partial charge is 0.481 e. The molecule has 0 spiro atoms. The summed E-state index contributed by atoms with van der Waals surface area (Å²) < 4.78 is 16.4. The number of carboxylic acids is 2. The quantitative estimate of drug-likeness (QED) is 0.490. The zero-order valence-corrected chi connectivity index (χ0v) is 19.8. The van der Waals surface area contributed by atoms with Crippen molar-refractivity contribution >= 4 is 41.2 Å². The molecular weight excluding hydrogens is 455 g/mol. The van der Waals surface area contributed by atoms with Gasteiger partial charge in [0.15, 0.2) is 11.5 Å². The van der Waals surface area contributed by atoms with Crippen molar-refractivity contribution in [3.05, 3.63) is 23.8 Å². The first kappa shape index (κ1) is 23.8. The second-order valence-electron chi connectivity index (χ2n) is 9.92. The van der Waals surface area contributed by atoms with E-state index in [1.54, 1.807) is 13.0 Å². The average Bonchev–Trinajstić information content (AvgIpc) is 2.99. The average molecular weight is 485 g/mol. The van der Waals surface area contributed by atoms with Crippen LogP contribution in [0.2, 0.25) is 0 Å². The van der Waals surface area contributed by atoms with Gasteiger partial charge in [-0.25, -0.2) is 4.39 Å². The third-order valence-corrected chi connectivity index (χ3v) is 12.3. The minimum Gasteiger partial charge on any atom is -0.481 e. The number of alkyl halides is 1. The SMILES string of the molecule is C[C@]12C=CC(=O)C=C1CCC1C3CCC(SCC(=O)O)(SCC(=O)O)[C@@]3(C)CC(O)C12F. The molecule has 176 valence electrons. The second kappa shape index (κ2) is 7.87. The van der Waals surface area contributed by atoms with E-state index in [0.29, 0.717) is 25.7 Å². The van der Waals surface area contributed by atoms with E-state index in [1.807, 2.05) is 6.92 Å². The number of hydrogen-bond acceptors (Lipinski definition) is 6. The van der Waals surface area contributed by atoms with Crippen molar-refractivity contribution in [2.45, 2.75) is 61.8 Å². The highest BCUT2D eigenvalue weighted by Gasteiger charge is 2.73. The van der Waals surface area contributed by atoms with Crippen LogP contribution in [0.15, 0.2) is 23.8 Å². The van der Waals surface area contributed by atoms with Crippen LogP contribution in [0.25, 0.3) is 0 Å². The molecule has 4 aliphatic carbocycles. The van der Waals surface area contributed by atoms with Crippen molar-refractivity contribution < 1.29 is 34.1 Å². The van der Waals surface area contributed by atoms with Crippen LogP contribution in [0, 0.1) is 22.7 Å². The number of aliphatic hydroxyl groups is 1. The molecule has 6 atom stereocenters. The van der Waals surface area contributed by atoms with Gasteiger partial charge in [0.25, 0.3) is 0 Å². The number of carbonyl (C=O) groups is 3. The first-order chi connectivity index (χ1) is 14.9. The molecule has 0 saturated heterocycles. The number of thioether (sulfide) groups is 2. The Kier molecular flexibility index (Phi) is 5.86. The molecule has 0 aliphatic heterocycles. The van der Waals surface area contributed by atoms with Crippen LogP contribution in [0.4, 0.5) is 4.39 Å². The zero-order valence-electron chi connectivity index (χ0n) is 18.2. The highest BCUT2D eigenvalue weighted by Crippen LogP contribution is 2.73. The van der Waals surface area contributed by atoms with Gasteiger partial charge in [0, 0.05) is 11.3 Å². The summed E-state index contributed by atoms with van der Waals surface area (Å²) in [6.07, 6.45) is 5.60. The monoisotopic (exact) mass is 484 g/mol. The van der Waals surface area contributed by atoms with E-state index in [2.05, 4.69) is 0 Å². The Hall–Kier alpha value is -1.32. The van der Waals surface area contributed by atoms with E-state index >= 15 is 4.39 Å². The minimum absolute atomic E-state index is 0.120. The summed E-state index contributed by atoms with van der Waals surface area (Å²) in [5.74, 6) is -3.06. The van der Waals surface area contributed by atoms with Crippen molar-refractivity contribution in [2.24, 2.45) is 22.7 Å². The summed E-state index contributed by atoms with van der Waals surface area (Å²) in [5, 5.41) is 30.0. The van der Waals surface area contributed by atoms with Crippen LogP contribution >= 0.6 is 23.5 Å². The third kappa shape index (κ3) is 3.21. The van der Waals surface area contributed by atoms with Crippen molar-refractivity contribution in [3.63, 3.8) is 0 Å². The lowest BCUT2D eigenvalue weighted by molar-refractivity contribution is -0.189.